The highest BCUT2D eigenvalue weighted by molar-refractivity contribution is 7.90. The molecule has 0 fully saturated rings. The van der Waals surface area contributed by atoms with Crippen LogP contribution in [0.25, 0.3) is 0 Å². The Morgan fingerprint density at radius 1 is 1.38 bits per heavy atom. The zero-order valence-corrected chi connectivity index (χ0v) is 14.7. The first-order valence-electron chi connectivity index (χ1n) is 7.58. The van der Waals surface area contributed by atoms with Gasteiger partial charge >= 0.3 is 0 Å². The first kappa shape index (κ1) is 16.7. The lowest BCUT2D eigenvalue weighted by atomic mass is 9.90. The molecule has 1 aliphatic rings. The molecule has 1 N–H and O–H groups in total. The Morgan fingerprint density at radius 2 is 2.17 bits per heavy atom. The van der Waals surface area contributed by atoms with E-state index in [4.69, 9.17) is 5.26 Å². The van der Waals surface area contributed by atoms with Crippen LogP contribution in [0, 0.1) is 17.2 Å². The van der Waals surface area contributed by atoms with Crippen LogP contribution in [0.1, 0.15) is 39.0 Å². The molecular formula is C17H16N2O3S2. The van der Waals surface area contributed by atoms with Crippen molar-refractivity contribution in [2.75, 3.05) is 0 Å². The van der Waals surface area contributed by atoms with Gasteiger partial charge in [0.05, 0.1) is 21.4 Å². The number of thiophene rings is 1. The number of sulfonamides is 1. The number of aryl methyl sites for hydroxylation is 1. The molecule has 1 unspecified atom stereocenters. The maximum Gasteiger partial charge on any atom is 0.275 e. The fraction of sp³-hybridized carbons (Fsp3) is 0.294. The number of hydrogen-bond donors (Lipinski definition) is 1. The highest BCUT2D eigenvalue weighted by Gasteiger charge is 2.24. The second-order valence-electron chi connectivity index (χ2n) is 5.98. The average molecular weight is 360 g/mol. The number of nitrogens with zero attached hydrogens (tertiary/aromatic N) is 1. The van der Waals surface area contributed by atoms with Crippen molar-refractivity contribution < 1.29 is 13.2 Å². The topological polar surface area (TPSA) is 87.0 Å². The van der Waals surface area contributed by atoms with E-state index in [1.807, 2.05) is 6.07 Å². The first-order valence-corrected chi connectivity index (χ1v) is 9.88. The largest absolute Gasteiger partial charge is 0.275 e. The summed E-state index contributed by atoms with van der Waals surface area (Å²) >= 11 is 1.36. The van der Waals surface area contributed by atoms with Gasteiger partial charge in [0.1, 0.15) is 0 Å². The van der Waals surface area contributed by atoms with Gasteiger partial charge in [-0.2, -0.15) is 5.26 Å². The molecule has 1 aromatic carbocycles. The lowest BCUT2D eigenvalue weighted by Crippen LogP contribution is -2.30. The van der Waals surface area contributed by atoms with Gasteiger partial charge in [-0.1, -0.05) is 13.0 Å². The van der Waals surface area contributed by atoms with Crippen molar-refractivity contribution in [3.8, 4) is 6.07 Å². The standard InChI is InChI=1S/C17H16N2O3S2/c1-11-5-6-15-13(7-11)9-16(23-15)17(20)19-24(21,22)14-4-2-3-12(8-14)10-18/h2-4,8-9,11H,5-7H2,1H3,(H,19,20). The fourth-order valence-corrected chi connectivity index (χ4v) is 4.96. The molecule has 0 saturated heterocycles. The van der Waals surface area contributed by atoms with Gasteiger partial charge < -0.3 is 0 Å². The van der Waals surface area contributed by atoms with E-state index in [1.165, 1.54) is 40.5 Å². The maximum atomic E-state index is 12.3. The number of benzene rings is 1. The molecular weight excluding hydrogens is 344 g/mol. The minimum Gasteiger partial charge on any atom is -0.267 e. The van der Waals surface area contributed by atoms with Crippen molar-refractivity contribution >= 4 is 27.3 Å². The van der Waals surface area contributed by atoms with Crippen LogP contribution in [0.4, 0.5) is 0 Å². The smallest absolute Gasteiger partial charge is 0.267 e. The number of nitriles is 1. The molecule has 1 amide bonds. The van der Waals surface area contributed by atoms with Crippen molar-refractivity contribution in [3.63, 3.8) is 0 Å². The molecule has 7 heteroatoms. The summed E-state index contributed by atoms with van der Waals surface area (Å²) < 4.78 is 26.8. The molecule has 0 aliphatic heterocycles. The van der Waals surface area contributed by atoms with Gasteiger partial charge in [0.25, 0.3) is 15.9 Å². The van der Waals surface area contributed by atoms with Gasteiger partial charge in [0.15, 0.2) is 0 Å². The molecule has 5 nitrogen and oxygen atoms in total. The van der Waals surface area contributed by atoms with Crippen LogP contribution >= 0.6 is 11.3 Å². The van der Waals surface area contributed by atoms with E-state index in [0.29, 0.717) is 10.8 Å². The molecule has 1 aliphatic carbocycles. The number of amides is 1. The van der Waals surface area contributed by atoms with Crippen LogP contribution in [-0.4, -0.2) is 14.3 Å². The molecule has 0 bridgehead atoms. The van der Waals surface area contributed by atoms with E-state index >= 15 is 0 Å². The number of nitrogens with one attached hydrogen (secondary N) is 1. The van der Waals surface area contributed by atoms with Gasteiger partial charge in [-0.25, -0.2) is 13.1 Å². The molecule has 0 saturated carbocycles. The van der Waals surface area contributed by atoms with Crippen LogP contribution in [-0.2, 0) is 22.9 Å². The van der Waals surface area contributed by atoms with E-state index in [1.54, 1.807) is 6.07 Å². The molecule has 1 atom stereocenters. The lowest BCUT2D eigenvalue weighted by molar-refractivity contribution is 0.0985. The Kier molecular flexibility index (Phi) is 4.43. The SMILES string of the molecule is CC1CCc2sc(C(=O)NS(=O)(=O)c3cccc(C#N)c3)cc2C1. The molecule has 124 valence electrons. The minimum atomic E-state index is -4.00. The summed E-state index contributed by atoms with van der Waals surface area (Å²) in [6, 6.07) is 9.27. The summed E-state index contributed by atoms with van der Waals surface area (Å²) in [6.45, 7) is 2.17. The summed E-state index contributed by atoms with van der Waals surface area (Å²) in [5, 5.41) is 8.87. The third-order valence-corrected chi connectivity index (χ3v) is 6.62. The monoisotopic (exact) mass is 360 g/mol. The zero-order chi connectivity index (χ0) is 17.3. The van der Waals surface area contributed by atoms with Gasteiger partial charge in [0.2, 0.25) is 0 Å². The first-order chi connectivity index (χ1) is 11.4. The van der Waals surface area contributed by atoms with E-state index in [9.17, 15) is 13.2 Å². The van der Waals surface area contributed by atoms with Crippen LogP contribution in [0.3, 0.4) is 0 Å². The number of hydrogen-bond acceptors (Lipinski definition) is 5. The number of carbonyl (C=O) groups is 1. The quantitative estimate of drug-likeness (QED) is 0.912. The van der Waals surface area contributed by atoms with Gasteiger partial charge in [-0.3, -0.25) is 4.79 Å². The predicted octanol–water partition coefficient (Wildman–Crippen LogP) is 2.86. The molecule has 24 heavy (non-hydrogen) atoms. The van der Waals surface area contributed by atoms with Gasteiger partial charge in [-0.05, 0) is 55.0 Å². The molecule has 1 aromatic heterocycles. The highest BCUT2D eigenvalue weighted by Crippen LogP contribution is 2.32. The highest BCUT2D eigenvalue weighted by atomic mass is 32.2. The van der Waals surface area contributed by atoms with Crippen LogP contribution in [0.5, 0.6) is 0 Å². The van der Waals surface area contributed by atoms with Gasteiger partial charge in [0, 0.05) is 4.88 Å². The Bertz CT molecular complexity index is 939. The van der Waals surface area contributed by atoms with Crippen LogP contribution < -0.4 is 4.72 Å². The summed E-state index contributed by atoms with van der Waals surface area (Å²) in [7, 11) is -4.00. The van der Waals surface area contributed by atoms with E-state index < -0.39 is 15.9 Å². The Labute approximate surface area is 145 Å². The van der Waals surface area contributed by atoms with E-state index in [2.05, 4.69) is 11.6 Å². The fourth-order valence-electron chi connectivity index (χ4n) is 2.78. The minimum absolute atomic E-state index is 0.0927. The third-order valence-electron chi connectivity index (χ3n) is 4.05. The van der Waals surface area contributed by atoms with Crippen molar-refractivity contribution in [1.82, 2.24) is 4.72 Å². The lowest BCUT2D eigenvalue weighted by Gasteiger charge is -2.16. The summed E-state index contributed by atoms with van der Waals surface area (Å²) in [5.41, 5.74) is 1.37. The van der Waals surface area contributed by atoms with E-state index in [-0.39, 0.29) is 10.5 Å². The Morgan fingerprint density at radius 3 is 2.92 bits per heavy atom. The number of carbonyl (C=O) groups excluding carboxylic acids is 1. The van der Waals surface area contributed by atoms with Crippen LogP contribution in [0.15, 0.2) is 35.2 Å². The average Bonchev–Trinajstić information content (AvgIpc) is 2.98. The summed E-state index contributed by atoms with van der Waals surface area (Å²) in [6.07, 6.45) is 2.95. The molecule has 1 heterocycles. The van der Waals surface area contributed by atoms with Crippen molar-refractivity contribution in [2.24, 2.45) is 5.92 Å². The van der Waals surface area contributed by atoms with Crippen molar-refractivity contribution in [2.45, 2.75) is 31.1 Å². The molecule has 0 radical (unpaired) electrons. The Balaban J connectivity index is 1.83. The Hall–Kier alpha value is -2.17. The van der Waals surface area contributed by atoms with Crippen molar-refractivity contribution in [3.05, 3.63) is 51.2 Å². The molecule has 2 aromatic rings. The maximum absolute atomic E-state index is 12.3. The summed E-state index contributed by atoms with van der Waals surface area (Å²) in [4.78, 5) is 13.8. The van der Waals surface area contributed by atoms with Gasteiger partial charge in [-0.15, -0.1) is 11.3 Å². The van der Waals surface area contributed by atoms with E-state index in [0.717, 1.165) is 24.8 Å². The van der Waals surface area contributed by atoms with Crippen LogP contribution in [0.2, 0.25) is 0 Å². The molecule has 3 rings (SSSR count). The second-order valence-corrected chi connectivity index (χ2v) is 8.80. The normalized spacial score (nSPS) is 16.9. The summed E-state index contributed by atoms with van der Waals surface area (Å²) in [5.74, 6) is -0.0371. The van der Waals surface area contributed by atoms with Crippen molar-refractivity contribution in [1.29, 1.82) is 5.26 Å². The second kappa shape index (κ2) is 6.38. The zero-order valence-electron chi connectivity index (χ0n) is 13.1. The number of rotatable bonds is 3. The predicted molar refractivity (Wildman–Crippen MR) is 91.3 cm³/mol. The third kappa shape index (κ3) is 3.35. The molecule has 0 spiro atoms. The number of fused-ring (bicyclic) bond motifs is 1.